The first-order valence-electron chi connectivity index (χ1n) is 6.07. The third-order valence-electron chi connectivity index (χ3n) is 2.44. The van der Waals surface area contributed by atoms with Gasteiger partial charge in [-0.2, -0.15) is 8.78 Å². The first-order chi connectivity index (χ1) is 9.77. The monoisotopic (exact) mass is 310 g/mol. The first-order valence-corrected chi connectivity index (χ1v) is 6.07. The lowest BCUT2D eigenvalue weighted by Crippen LogP contribution is -2.35. The van der Waals surface area contributed by atoms with Crippen molar-refractivity contribution >= 4 is 17.3 Å². The second-order valence-corrected chi connectivity index (χ2v) is 4.16. The fraction of sp³-hybridized carbons (Fsp3) is 0.545. The maximum atomic E-state index is 12.8. The third kappa shape index (κ3) is 4.72. The highest BCUT2D eigenvalue weighted by atomic mass is 19.3. The summed E-state index contributed by atoms with van der Waals surface area (Å²) < 4.78 is 49.8. The largest absolute Gasteiger partial charge is 0.370 e. The van der Waals surface area contributed by atoms with Gasteiger partial charge < -0.3 is 10.6 Å². The number of alkyl halides is 4. The molecule has 2 N–H and O–H groups in total. The lowest BCUT2D eigenvalue weighted by atomic mass is 10.3. The molecule has 21 heavy (non-hydrogen) atoms. The van der Waals surface area contributed by atoms with Gasteiger partial charge in [-0.25, -0.2) is 13.8 Å². The summed E-state index contributed by atoms with van der Waals surface area (Å²) in [6.07, 6.45) is -3.12. The fourth-order valence-electron chi connectivity index (χ4n) is 1.36. The molecule has 1 heterocycles. The molecule has 0 saturated carbocycles. The number of anilines is 2. The predicted molar refractivity (Wildman–Crippen MR) is 69.1 cm³/mol. The molecule has 0 atom stereocenters. The van der Waals surface area contributed by atoms with Gasteiger partial charge in [-0.15, -0.1) is 0 Å². The Balaban J connectivity index is 2.93. The summed E-state index contributed by atoms with van der Waals surface area (Å²) in [6, 6.07) is 2.37. The number of hydrogen-bond acceptors (Lipinski definition) is 5. The average molecular weight is 310 g/mol. The molecule has 1 aromatic rings. The first kappa shape index (κ1) is 16.9. The Kier molecular flexibility index (Phi) is 5.68. The molecule has 0 amide bonds. The molecule has 0 fully saturated rings. The van der Waals surface area contributed by atoms with Crippen LogP contribution in [0.15, 0.2) is 12.1 Å². The highest BCUT2D eigenvalue weighted by Crippen LogP contribution is 2.27. The molecule has 6 nitrogen and oxygen atoms in total. The zero-order chi connectivity index (χ0) is 16.0. The van der Waals surface area contributed by atoms with Gasteiger partial charge in [0.1, 0.15) is 5.82 Å². The summed E-state index contributed by atoms with van der Waals surface area (Å²) in [5, 5.41) is 15.5. The molecule has 0 aliphatic heterocycles. The van der Waals surface area contributed by atoms with Gasteiger partial charge in [-0.1, -0.05) is 6.92 Å². The summed E-state index contributed by atoms with van der Waals surface area (Å²) >= 11 is 0. The van der Waals surface area contributed by atoms with Crippen molar-refractivity contribution in [1.82, 2.24) is 4.98 Å². The van der Waals surface area contributed by atoms with Crippen LogP contribution in [0.5, 0.6) is 0 Å². The van der Waals surface area contributed by atoms with Crippen molar-refractivity contribution in [2.24, 2.45) is 0 Å². The van der Waals surface area contributed by atoms with E-state index in [1.165, 1.54) is 6.07 Å². The van der Waals surface area contributed by atoms with Gasteiger partial charge in [0.05, 0.1) is 11.5 Å². The van der Waals surface area contributed by atoms with Gasteiger partial charge in [0, 0.05) is 12.6 Å². The Morgan fingerprint density at radius 2 is 2.05 bits per heavy atom. The van der Waals surface area contributed by atoms with E-state index in [4.69, 9.17) is 0 Å². The normalized spacial score (nSPS) is 11.5. The summed E-state index contributed by atoms with van der Waals surface area (Å²) in [5.41, 5.74) is -0.567. The van der Waals surface area contributed by atoms with Crippen molar-refractivity contribution in [1.29, 1.82) is 0 Å². The van der Waals surface area contributed by atoms with Gasteiger partial charge >= 0.3 is 18.0 Å². The van der Waals surface area contributed by atoms with E-state index < -0.39 is 35.3 Å². The number of halogens is 4. The van der Waals surface area contributed by atoms with Gasteiger partial charge in [0.25, 0.3) is 0 Å². The van der Waals surface area contributed by atoms with Crippen LogP contribution in [0.3, 0.4) is 0 Å². The fourth-order valence-corrected chi connectivity index (χ4v) is 1.36. The van der Waals surface area contributed by atoms with Crippen LogP contribution < -0.4 is 10.6 Å². The van der Waals surface area contributed by atoms with Crippen LogP contribution in [-0.2, 0) is 0 Å². The zero-order valence-electron chi connectivity index (χ0n) is 11.1. The van der Waals surface area contributed by atoms with Crippen molar-refractivity contribution in [2.75, 3.05) is 23.7 Å². The summed E-state index contributed by atoms with van der Waals surface area (Å²) in [7, 11) is 0. The predicted octanol–water partition coefficient (Wildman–Crippen LogP) is 3.12. The minimum Gasteiger partial charge on any atom is -0.370 e. The number of nitrogens with one attached hydrogen (secondary N) is 2. The Morgan fingerprint density at radius 1 is 1.38 bits per heavy atom. The van der Waals surface area contributed by atoms with E-state index in [0.717, 1.165) is 12.5 Å². The quantitative estimate of drug-likeness (QED) is 0.438. The molecule has 0 radical (unpaired) electrons. The Bertz CT molecular complexity index is 499. The molecule has 118 valence electrons. The number of nitro groups is 1. The van der Waals surface area contributed by atoms with E-state index in [2.05, 4.69) is 10.3 Å². The summed E-state index contributed by atoms with van der Waals surface area (Å²) in [5.74, 6) is -4.56. The van der Waals surface area contributed by atoms with Crippen LogP contribution in [0.4, 0.5) is 34.9 Å². The molecule has 1 aromatic heterocycles. The smallest absolute Gasteiger partial charge is 0.324 e. The van der Waals surface area contributed by atoms with E-state index in [1.54, 1.807) is 0 Å². The van der Waals surface area contributed by atoms with Crippen LogP contribution in [0.2, 0.25) is 0 Å². The third-order valence-corrected chi connectivity index (χ3v) is 2.44. The molecule has 0 aliphatic carbocycles. The van der Waals surface area contributed by atoms with Gasteiger partial charge in [0.15, 0.2) is 0 Å². The molecule has 0 saturated heterocycles. The van der Waals surface area contributed by atoms with Crippen molar-refractivity contribution in [3.8, 4) is 0 Å². The second kappa shape index (κ2) is 7.04. The van der Waals surface area contributed by atoms with Gasteiger partial charge in [-0.05, 0) is 12.5 Å². The number of rotatable bonds is 8. The highest BCUT2D eigenvalue weighted by molar-refractivity contribution is 5.60. The minimum absolute atomic E-state index is 0.227. The number of nitrogens with zero attached hydrogens (tertiary/aromatic N) is 2. The molecule has 0 bridgehead atoms. The second-order valence-electron chi connectivity index (χ2n) is 4.16. The lowest BCUT2D eigenvalue weighted by molar-refractivity contribution is -0.384. The molecule has 1 rings (SSSR count). The van der Waals surface area contributed by atoms with Crippen LogP contribution in [0, 0.1) is 10.1 Å². The Hall–Kier alpha value is -2.13. The van der Waals surface area contributed by atoms with E-state index in [-0.39, 0.29) is 5.82 Å². The van der Waals surface area contributed by atoms with Gasteiger partial charge in [0.2, 0.25) is 5.82 Å². The molecule has 10 heteroatoms. The molecular weight excluding hydrogens is 296 g/mol. The van der Waals surface area contributed by atoms with E-state index >= 15 is 0 Å². The molecule has 0 unspecified atom stereocenters. The van der Waals surface area contributed by atoms with Crippen molar-refractivity contribution in [3.05, 3.63) is 22.2 Å². The average Bonchev–Trinajstić information content (AvgIpc) is 2.42. The number of pyridine rings is 1. The van der Waals surface area contributed by atoms with Crippen LogP contribution >= 0.6 is 0 Å². The zero-order valence-corrected chi connectivity index (χ0v) is 11.1. The number of hydrogen-bond donors (Lipinski definition) is 2. The molecule has 0 aromatic carbocycles. The minimum atomic E-state index is -4.30. The van der Waals surface area contributed by atoms with E-state index in [0.29, 0.717) is 6.54 Å². The van der Waals surface area contributed by atoms with E-state index in [9.17, 15) is 27.7 Å². The molecule has 0 spiro atoms. The van der Waals surface area contributed by atoms with Gasteiger partial charge in [-0.3, -0.25) is 10.1 Å². The lowest BCUT2D eigenvalue weighted by Gasteiger charge is -2.16. The number of aromatic nitrogens is 1. The summed E-state index contributed by atoms with van der Waals surface area (Å²) in [6.45, 7) is 0.952. The van der Waals surface area contributed by atoms with Crippen molar-refractivity contribution < 1.29 is 22.5 Å². The maximum Gasteiger partial charge on any atom is 0.324 e. The van der Waals surface area contributed by atoms with Crippen molar-refractivity contribution in [3.63, 3.8) is 0 Å². The Labute approximate surface area is 117 Å². The SMILES string of the molecule is CCCNc1ccc([N+](=O)[O-])c(NCC(F)(F)C(F)F)n1. The van der Waals surface area contributed by atoms with Crippen LogP contribution in [0.1, 0.15) is 13.3 Å². The topological polar surface area (TPSA) is 80.1 Å². The standard InChI is InChI=1S/C11H14F4N4O2/c1-2-5-16-8-4-3-7(19(20)21)9(18-8)17-6-11(14,15)10(12)13/h3-4,10H,2,5-6H2,1H3,(H2,16,17,18). The van der Waals surface area contributed by atoms with Crippen LogP contribution in [-0.4, -0.2) is 35.3 Å². The Morgan fingerprint density at radius 3 is 2.57 bits per heavy atom. The van der Waals surface area contributed by atoms with Crippen molar-refractivity contribution in [2.45, 2.75) is 25.7 Å². The molecular formula is C11H14F4N4O2. The maximum absolute atomic E-state index is 12.8. The molecule has 0 aliphatic rings. The van der Waals surface area contributed by atoms with Crippen LogP contribution in [0.25, 0.3) is 0 Å². The van der Waals surface area contributed by atoms with E-state index in [1.807, 2.05) is 12.2 Å². The highest BCUT2D eigenvalue weighted by Gasteiger charge is 2.41. The summed E-state index contributed by atoms with van der Waals surface area (Å²) in [4.78, 5) is 13.7.